The van der Waals surface area contributed by atoms with Crippen molar-refractivity contribution in [3.8, 4) is 0 Å². The fourth-order valence-electron chi connectivity index (χ4n) is 1.54. The summed E-state index contributed by atoms with van der Waals surface area (Å²) in [4.78, 5) is 33.6. The van der Waals surface area contributed by atoms with Crippen LogP contribution in [0.25, 0.3) is 0 Å². The van der Waals surface area contributed by atoms with E-state index in [4.69, 9.17) is 11.6 Å². The first-order valence-electron chi connectivity index (χ1n) is 6.39. The van der Waals surface area contributed by atoms with Crippen molar-refractivity contribution < 1.29 is 14.5 Å². The summed E-state index contributed by atoms with van der Waals surface area (Å²) in [6, 6.07) is 2.81. The number of hydrogen-bond acceptors (Lipinski definition) is 4. The van der Waals surface area contributed by atoms with Gasteiger partial charge >= 0.3 is 0 Å². The van der Waals surface area contributed by atoms with Crippen molar-refractivity contribution in [2.24, 2.45) is 0 Å². The van der Waals surface area contributed by atoms with E-state index in [0.717, 1.165) is 12.5 Å². The average molecular weight is 314 g/mol. The third kappa shape index (κ3) is 4.71. The van der Waals surface area contributed by atoms with Crippen LogP contribution in [0.5, 0.6) is 0 Å². The Morgan fingerprint density at radius 2 is 2.10 bits per heavy atom. The number of nitro groups is 1. The number of benzene rings is 1. The molecule has 0 saturated heterocycles. The van der Waals surface area contributed by atoms with Crippen LogP contribution >= 0.6 is 11.6 Å². The molecule has 8 heteroatoms. The molecule has 0 radical (unpaired) electrons. The summed E-state index contributed by atoms with van der Waals surface area (Å²) in [6.45, 7) is 3.99. The minimum atomic E-state index is -0.727. The van der Waals surface area contributed by atoms with Crippen molar-refractivity contribution in [1.29, 1.82) is 0 Å². The highest BCUT2D eigenvalue weighted by Gasteiger charge is 2.19. The lowest BCUT2D eigenvalue weighted by Gasteiger charge is -2.14. The largest absolute Gasteiger partial charge is 0.354 e. The topological polar surface area (TPSA) is 101 Å². The van der Waals surface area contributed by atoms with Gasteiger partial charge in [-0.2, -0.15) is 0 Å². The normalized spacial score (nSPS) is 11.6. The Balaban J connectivity index is 2.76. The van der Waals surface area contributed by atoms with Gasteiger partial charge in [-0.15, -0.1) is 0 Å². The smallest absolute Gasteiger partial charge is 0.270 e. The summed E-state index contributed by atoms with van der Waals surface area (Å²) >= 11 is 5.85. The zero-order chi connectivity index (χ0) is 16.0. The summed E-state index contributed by atoms with van der Waals surface area (Å²) < 4.78 is 0. The van der Waals surface area contributed by atoms with Crippen molar-refractivity contribution in [1.82, 2.24) is 10.6 Å². The molecule has 21 heavy (non-hydrogen) atoms. The highest BCUT2D eigenvalue weighted by Crippen LogP contribution is 2.22. The Kier molecular flexibility index (Phi) is 6.10. The van der Waals surface area contributed by atoms with Gasteiger partial charge in [-0.05, 0) is 19.4 Å². The summed E-state index contributed by atoms with van der Waals surface area (Å²) in [5.41, 5.74) is -0.123. The molecule has 1 aromatic carbocycles. The van der Waals surface area contributed by atoms with Gasteiger partial charge in [0.2, 0.25) is 5.91 Å². The average Bonchev–Trinajstić information content (AvgIpc) is 2.44. The standard InChI is InChI=1S/C13H16ClN3O4/c1-3-6-15-12(18)8(2)16-13(19)10-5-4-9(17(20)21)7-11(10)14/h4-5,7-8H,3,6H2,1-2H3,(H,15,18)(H,16,19)/t8-/m0/s1. The minimum absolute atomic E-state index is 0.0390. The van der Waals surface area contributed by atoms with Gasteiger partial charge in [-0.1, -0.05) is 18.5 Å². The Morgan fingerprint density at radius 1 is 1.43 bits per heavy atom. The highest BCUT2D eigenvalue weighted by molar-refractivity contribution is 6.34. The molecule has 0 heterocycles. The Hall–Kier alpha value is -2.15. The molecule has 7 nitrogen and oxygen atoms in total. The van der Waals surface area contributed by atoms with Crippen LogP contribution < -0.4 is 10.6 Å². The first kappa shape index (κ1) is 16.9. The second kappa shape index (κ2) is 7.58. The summed E-state index contributed by atoms with van der Waals surface area (Å²) in [5.74, 6) is -0.864. The van der Waals surface area contributed by atoms with Crippen LogP contribution in [0.15, 0.2) is 18.2 Å². The Bertz CT molecular complexity index is 562. The molecule has 0 aliphatic carbocycles. The van der Waals surface area contributed by atoms with E-state index >= 15 is 0 Å². The molecule has 0 aliphatic rings. The van der Waals surface area contributed by atoms with Crippen LogP contribution in [0, 0.1) is 10.1 Å². The molecule has 2 amide bonds. The fourth-order valence-corrected chi connectivity index (χ4v) is 1.80. The van der Waals surface area contributed by atoms with E-state index in [-0.39, 0.29) is 22.2 Å². The zero-order valence-corrected chi connectivity index (χ0v) is 12.4. The van der Waals surface area contributed by atoms with E-state index in [1.54, 1.807) is 6.92 Å². The molecular weight excluding hydrogens is 298 g/mol. The number of carbonyl (C=O) groups is 2. The van der Waals surface area contributed by atoms with E-state index < -0.39 is 16.9 Å². The molecule has 1 atom stereocenters. The van der Waals surface area contributed by atoms with Gasteiger partial charge in [0.15, 0.2) is 0 Å². The van der Waals surface area contributed by atoms with Crippen LogP contribution in [0.1, 0.15) is 30.6 Å². The Morgan fingerprint density at radius 3 is 2.62 bits per heavy atom. The number of carbonyl (C=O) groups excluding carboxylic acids is 2. The van der Waals surface area contributed by atoms with Crippen molar-refractivity contribution in [2.45, 2.75) is 26.3 Å². The molecule has 0 unspecified atom stereocenters. The number of rotatable bonds is 6. The number of non-ortho nitro benzene ring substituents is 1. The van der Waals surface area contributed by atoms with Crippen LogP contribution in [0.4, 0.5) is 5.69 Å². The summed E-state index contributed by atoms with van der Waals surface area (Å²) in [6.07, 6.45) is 0.792. The molecule has 0 aliphatic heterocycles. The third-order valence-electron chi connectivity index (χ3n) is 2.70. The maximum Gasteiger partial charge on any atom is 0.270 e. The van der Waals surface area contributed by atoms with Crippen molar-refractivity contribution in [3.05, 3.63) is 38.9 Å². The van der Waals surface area contributed by atoms with Crippen LogP contribution in [-0.2, 0) is 4.79 Å². The lowest BCUT2D eigenvalue weighted by Crippen LogP contribution is -2.45. The van der Waals surface area contributed by atoms with Crippen LogP contribution in [0.3, 0.4) is 0 Å². The second-order valence-electron chi connectivity index (χ2n) is 4.41. The predicted molar refractivity (Wildman–Crippen MR) is 78.3 cm³/mol. The molecular formula is C13H16ClN3O4. The summed E-state index contributed by atoms with van der Waals surface area (Å²) in [5, 5.41) is 15.7. The van der Waals surface area contributed by atoms with Crippen LogP contribution in [0.2, 0.25) is 5.02 Å². The minimum Gasteiger partial charge on any atom is -0.354 e. The van der Waals surface area contributed by atoms with Gasteiger partial charge in [0.25, 0.3) is 11.6 Å². The van der Waals surface area contributed by atoms with Gasteiger partial charge in [-0.25, -0.2) is 0 Å². The molecule has 0 aromatic heterocycles. The highest BCUT2D eigenvalue weighted by atomic mass is 35.5. The van der Waals surface area contributed by atoms with Gasteiger partial charge in [0.1, 0.15) is 6.04 Å². The molecule has 2 N–H and O–H groups in total. The Labute approximate surface area is 126 Å². The number of nitrogens with one attached hydrogen (secondary N) is 2. The first-order valence-corrected chi connectivity index (χ1v) is 6.77. The van der Waals surface area contributed by atoms with Crippen LogP contribution in [-0.4, -0.2) is 29.3 Å². The molecule has 0 saturated carbocycles. The summed E-state index contributed by atoms with van der Waals surface area (Å²) in [7, 11) is 0. The number of halogens is 1. The lowest BCUT2D eigenvalue weighted by atomic mass is 10.1. The third-order valence-corrected chi connectivity index (χ3v) is 3.01. The fraction of sp³-hybridized carbons (Fsp3) is 0.385. The first-order chi connectivity index (χ1) is 9.86. The quantitative estimate of drug-likeness (QED) is 0.618. The van der Waals surface area contributed by atoms with Gasteiger partial charge in [0.05, 0.1) is 15.5 Å². The number of nitrogens with zero attached hydrogens (tertiary/aromatic N) is 1. The van der Waals surface area contributed by atoms with E-state index in [1.165, 1.54) is 12.1 Å². The number of nitro benzene ring substituents is 1. The van der Waals surface area contributed by atoms with Crippen molar-refractivity contribution in [3.63, 3.8) is 0 Å². The van der Waals surface area contributed by atoms with E-state index in [0.29, 0.717) is 6.54 Å². The van der Waals surface area contributed by atoms with Gasteiger partial charge < -0.3 is 10.6 Å². The van der Waals surface area contributed by atoms with E-state index in [2.05, 4.69) is 10.6 Å². The maximum absolute atomic E-state index is 12.0. The molecule has 114 valence electrons. The predicted octanol–water partition coefficient (Wildman–Crippen LogP) is 1.89. The molecule has 1 rings (SSSR count). The second-order valence-corrected chi connectivity index (χ2v) is 4.81. The monoisotopic (exact) mass is 313 g/mol. The zero-order valence-electron chi connectivity index (χ0n) is 11.7. The lowest BCUT2D eigenvalue weighted by molar-refractivity contribution is -0.384. The van der Waals surface area contributed by atoms with Gasteiger partial charge in [0, 0.05) is 18.7 Å². The SMILES string of the molecule is CCCNC(=O)[C@H](C)NC(=O)c1ccc([N+](=O)[O-])cc1Cl. The number of amides is 2. The number of hydrogen-bond donors (Lipinski definition) is 2. The van der Waals surface area contributed by atoms with Crippen molar-refractivity contribution >= 4 is 29.1 Å². The van der Waals surface area contributed by atoms with Gasteiger partial charge in [-0.3, -0.25) is 19.7 Å². The molecule has 0 bridgehead atoms. The van der Waals surface area contributed by atoms with Crippen molar-refractivity contribution in [2.75, 3.05) is 6.54 Å². The van der Waals surface area contributed by atoms with E-state index in [9.17, 15) is 19.7 Å². The molecule has 0 spiro atoms. The molecule has 0 fully saturated rings. The molecule has 1 aromatic rings. The maximum atomic E-state index is 12.0. The van der Waals surface area contributed by atoms with E-state index in [1.807, 2.05) is 6.92 Å².